The van der Waals surface area contributed by atoms with Crippen LogP contribution in [0.25, 0.3) is 0 Å². The van der Waals surface area contributed by atoms with Gasteiger partial charge in [-0.05, 0) is 6.42 Å². The lowest BCUT2D eigenvalue weighted by molar-refractivity contribution is 0.343. The SMILES string of the molecule is CCCC=CC=CCO. The Kier molecular flexibility index (Phi) is 6.98. The van der Waals surface area contributed by atoms with Gasteiger partial charge in [0, 0.05) is 0 Å². The fourth-order valence-electron chi connectivity index (χ4n) is 0.481. The molecule has 0 unspecified atom stereocenters. The van der Waals surface area contributed by atoms with Crippen LogP contribution in [-0.4, -0.2) is 11.7 Å². The third-order valence-electron chi connectivity index (χ3n) is 0.944. The highest BCUT2D eigenvalue weighted by molar-refractivity contribution is 5.01. The zero-order chi connectivity index (χ0) is 6.95. The van der Waals surface area contributed by atoms with Crippen molar-refractivity contribution in [3.8, 4) is 0 Å². The molecule has 0 aromatic carbocycles. The minimum absolute atomic E-state index is 0.135. The molecule has 0 saturated heterocycles. The predicted molar refractivity (Wildman–Crippen MR) is 40.3 cm³/mol. The minimum Gasteiger partial charge on any atom is -0.392 e. The highest BCUT2D eigenvalue weighted by Gasteiger charge is 1.68. The fraction of sp³-hybridized carbons (Fsp3) is 0.500. The topological polar surface area (TPSA) is 20.2 Å². The second-order valence-electron chi connectivity index (χ2n) is 1.83. The molecular weight excluding hydrogens is 112 g/mol. The van der Waals surface area contributed by atoms with Crippen LogP contribution in [0, 0.1) is 0 Å². The highest BCUT2D eigenvalue weighted by atomic mass is 16.2. The predicted octanol–water partition coefficient (Wildman–Crippen LogP) is 1.89. The van der Waals surface area contributed by atoms with Crippen LogP contribution >= 0.6 is 0 Å². The first kappa shape index (κ1) is 8.44. The quantitative estimate of drug-likeness (QED) is 0.570. The van der Waals surface area contributed by atoms with Crippen LogP contribution in [0.4, 0.5) is 0 Å². The Hall–Kier alpha value is -0.560. The van der Waals surface area contributed by atoms with E-state index in [2.05, 4.69) is 13.0 Å². The van der Waals surface area contributed by atoms with Crippen molar-refractivity contribution in [2.75, 3.05) is 6.61 Å². The van der Waals surface area contributed by atoms with Crippen molar-refractivity contribution in [2.45, 2.75) is 19.8 Å². The van der Waals surface area contributed by atoms with Gasteiger partial charge in [0.1, 0.15) is 0 Å². The molecule has 0 saturated carbocycles. The summed E-state index contributed by atoms with van der Waals surface area (Å²) in [7, 11) is 0. The van der Waals surface area contributed by atoms with Crippen molar-refractivity contribution in [2.24, 2.45) is 0 Å². The van der Waals surface area contributed by atoms with Crippen molar-refractivity contribution < 1.29 is 5.11 Å². The molecule has 0 radical (unpaired) electrons. The Bertz CT molecular complexity index is 92.7. The smallest absolute Gasteiger partial charge is 0.0615 e. The Morgan fingerprint density at radius 1 is 1.22 bits per heavy atom. The number of hydrogen-bond donors (Lipinski definition) is 1. The van der Waals surface area contributed by atoms with Gasteiger partial charge in [0.25, 0.3) is 0 Å². The molecule has 0 heterocycles. The first-order valence-corrected chi connectivity index (χ1v) is 3.34. The Morgan fingerprint density at radius 2 is 1.89 bits per heavy atom. The van der Waals surface area contributed by atoms with Crippen molar-refractivity contribution in [1.29, 1.82) is 0 Å². The molecule has 0 aliphatic carbocycles. The highest BCUT2D eigenvalue weighted by Crippen LogP contribution is 1.87. The molecule has 0 bridgehead atoms. The third-order valence-corrected chi connectivity index (χ3v) is 0.944. The second kappa shape index (κ2) is 7.44. The maximum absolute atomic E-state index is 8.30. The maximum atomic E-state index is 8.30. The molecule has 0 aromatic rings. The van der Waals surface area contributed by atoms with Crippen molar-refractivity contribution >= 4 is 0 Å². The molecule has 0 fully saturated rings. The van der Waals surface area contributed by atoms with Crippen LogP contribution in [0.2, 0.25) is 0 Å². The lowest BCUT2D eigenvalue weighted by Crippen LogP contribution is -1.67. The summed E-state index contributed by atoms with van der Waals surface area (Å²) in [6.45, 7) is 2.27. The fourth-order valence-corrected chi connectivity index (χ4v) is 0.481. The molecule has 0 aromatic heterocycles. The van der Waals surface area contributed by atoms with Crippen LogP contribution in [0.3, 0.4) is 0 Å². The zero-order valence-electron chi connectivity index (χ0n) is 5.88. The Balaban J connectivity index is 3.13. The molecule has 0 amide bonds. The molecule has 0 atom stereocenters. The molecule has 1 heteroatoms. The van der Waals surface area contributed by atoms with Gasteiger partial charge in [-0.15, -0.1) is 0 Å². The average molecular weight is 126 g/mol. The van der Waals surface area contributed by atoms with E-state index in [1.54, 1.807) is 6.08 Å². The van der Waals surface area contributed by atoms with E-state index in [1.165, 1.54) is 6.42 Å². The van der Waals surface area contributed by atoms with Gasteiger partial charge in [-0.1, -0.05) is 37.6 Å². The van der Waals surface area contributed by atoms with Gasteiger partial charge in [0.05, 0.1) is 6.61 Å². The number of aliphatic hydroxyl groups excluding tert-OH is 1. The van der Waals surface area contributed by atoms with Gasteiger partial charge < -0.3 is 5.11 Å². The number of hydrogen-bond acceptors (Lipinski definition) is 1. The summed E-state index contributed by atoms with van der Waals surface area (Å²) >= 11 is 0. The molecule has 0 rings (SSSR count). The normalized spacial score (nSPS) is 11.8. The molecule has 1 nitrogen and oxygen atoms in total. The van der Waals surface area contributed by atoms with Crippen molar-refractivity contribution in [1.82, 2.24) is 0 Å². The van der Waals surface area contributed by atoms with Crippen LogP contribution in [0.15, 0.2) is 24.3 Å². The summed E-state index contributed by atoms with van der Waals surface area (Å²) in [5.41, 5.74) is 0. The summed E-state index contributed by atoms with van der Waals surface area (Å²) in [4.78, 5) is 0. The third kappa shape index (κ3) is 7.44. The van der Waals surface area contributed by atoms with Crippen LogP contribution < -0.4 is 0 Å². The van der Waals surface area contributed by atoms with Gasteiger partial charge in [-0.3, -0.25) is 0 Å². The summed E-state index contributed by atoms with van der Waals surface area (Å²) in [6.07, 6.45) is 9.92. The molecular formula is C8H14O. The molecule has 0 aliphatic heterocycles. The molecule has 0 spiro atoms. The van der Waals surface area contributed by atoms with E-state index in [0.717, 1.165) is 6.42 Å². The number of unbranched alkanes of at least 4 members (excludes halogenated alkanes) is 1. The van der Waals surface area contributed by atoms with Gasteiger partial charge in [0.2, 0.25) is 0 Å². The van der Waals surface area contributed by atoms with Crippen LogP contribution in [0.1, 0.15) is 19.8 Å². The molecule has 52 valence electrons. The lowest BCUT2D eigenvalue weighted by Gasteiger charge is -1.79. The zero-order valence-corrected chi connectivity index (χ0v) is 5.88. The largest absolute Gasteiger partial charge is 0.392 e. The lowest BCUT2D eigenvalue weighted by atomic mass is 10.3. The number of allylic oxidation sites excluding steroid dienone is 3. The summed E-state index contributed by atoms with van der Waals surface area (Å²) in [5.74, 6) is 0. The molecule has 9 heavy (non-hydrogen) atoms. The summed E-state index contributed by atoms with van der Waals surface area (Å²) in [6, 6.07) is 0. The van der Waals surface area contributed by atoms with Gasteiger partial charge in [-0.2, -0.15) is 0 Å². The second-order valence-corrected chi connectivity index (χ2v) is 1.83. The minimum atomic E-state index is 0.135. The van der Waals surface area contributed by atoms with Crippen molar-refractivity contribution in [3.05, 3.63) is 24.3 Å². The van der Waals surface area contributed by atoms with E-state index in [-0.39, 0.29) is 6.61 Å². The van der Waals surface area contributed by atoms with E-state index < -0.39 is 0 Å². The van der Waals surface area contributed by atoms with Gasteiger partial charge in [0.15, 0.2) is 0 Å². The van der Waals surface area contributed by atoms with E-state index in [4.69, 9.17) is 5.11 Å². The van der Waals surface area contributed by atoms with E-state index in [1.807, 2.05) is 12.2 Å². The van der Waals surface area contributed by atoms with Gasteiger partial charge >= 0.3 is 0 Å². The standard InChI is InChI=1S/C8H14O/c1-2-3-4-5-6-7-8-9/h4-7,9H,2-3,8H2,1H3. The summed E-state index contributed by atoms with van der Waals surface area (Å²) < 4.78 is 0. The summed E-state index contributed by atoms with van der Waals surface area (Å²) in [5, 5.41) is 8.30. The van der Waals surface area contributed by atoms with Crippen LogP contribution in [0.5, 0.6) is 0 Å². The van der Waals surface area contributed by atoms with E-state index in [0.29, 0.717) is 0 Å². The monoisotopic (exact) mass is 126 g/mol. The number of rotatable bonds is 4. The maximum Gasteiger partial charge on any atom is 0.0615 e. The Labute approximate surface area is 56.7 Å². The van der Waals surface area contributed by atoms with E-state index in [9.17, 15) is 0 Å². The first-order chi connectivity index (χ1) is 4.41. The molecule has 1 N–H and O–H groups in total. The van der Waals surface area contributed by atoms with Crippen LogP contribution in [-0.2, 0) is 0 Å². The van der Waals surface area contributed by atoms with Crippen molar-refractivity contribution in [3.63, 3.8) is 0 Å². The average Bonchev–Trinajstić information content (AvgIpc) is 1.89. The Morgan fingerprint density at radius 3 is 2.44 bits per heavy atom. The first-order valence-electron chi connectivity index (χ1n) is 3.34. The van der Waals surface area contributed by atoms with E-state index >= 15 is 0 Å². The van der Waals surface area contributed by atoms with Gasteiger partial charge in [-0.25, -0.2) is 0 Å². The number of aliphatic hydroxyl groups is 1. The molecule has 0 aliphatic rings.